The lowest BCUT2D eigenvalue weighted by molar-refractivity contribution is -0.298. The van der Waals surface area contributed by atoms with Crippen LogP contribution in [0.3, 0.4) is 0 Å². The largest absolute Gasteiger partial charge is 0.468 e. The number of rotatable bonds is 3. The zero-order chi connectivity index (χ0) is 17.8. The van der Waals surface area contributed by atoms with Gasteiger partial charge in [-0.3, -0.25) is 9.59 Å². The molecule has 3 fully saturated rings. The molecule has 5 heteroatoms. The standard InChI is InChI=1S/C19H28O5/c1-12(2)7-19(16(21)22-5)14-9-18(8-13(14)6-15(19)20)23-10-17(3,4)11-24-18/h13-14H,1,6-11H2,2-5H3/t13-,14+,19+/m0/s1. The third-order valence-corrected chi connectivity index (χ3v) is 5.83. The van der Waals surface area contributed by atoms with E-state index in [0.717, 1.165) is 5.57 Å². The van der Waals surface area contributed by atoms with E-state index in [1.807, 2.05) is 6.92 Å². The molecule has 2 saturated carbocycles. The van der Waals surface area contributed by atoms with E-state index in [4.69, 9.17) is 14.2 Å². The quantitative estimate of drug-likeness (QED) is 0.450. The van der Waals surface area contributed by atoms with E-state index in [9.17, 15) is 9.59 Å². The van der Waals surface area contributed by atoms with Crippen molar-refractivity contribution in [2.24, 2.45) is 22.7 Å². The van der Waals surface area contributed by atoms with E-state index < -0.39 is 17.2 Å². The molecule has 3 atom stereocenters. The van der Waals surface area contributed by atoms with Crippen LogP contribution in [0.2, 0.25) is 0 Å². The Morgan fingerprint density at radius 3 is 2.46 bits per heavy atom. The highest BCUT2D eigenvalue weighted by molar-refractivity contribution is 6.06. The smallest absolute Gasteiger partial charge is 0.319 e. The van der Waals surface area contributed by atoms with E-state index >= 15 is 0 Å². The molecule has 0 aromatic rings. The van der Waals surface area contributed by atoms with Crippen LogP contribution < -0.4 is 0 Å². The number of ketones is 1. The van der Waals surface area contributed by atoms with Crippen molar-refractivity contribution >= 4 is 11.8 Å². The SMILES string of the molecule is C=C(C)C[C@]1(C(=O)OC)C(=O)C[C@H]2CC3(C[C@H]21)OCC(C)(C)CO3. The predicted molar refractivity (Wildman–Crippen MR) is 88.1 cm³/mol. The van der Waals surface area contributed by atoms with Gasteiger partial charge in [-0.2, -0.15) is 0 Å². The maximum absolute atomic E-state index is 12.8. The molecule has 0 bridgehead atoms. The van der Waals surface area contributed by atoms with Gasteiger partial charge in [0.1, 0.15) is 5.41 Å². The Labute approximate surface area is 143 Å². The average Bonchev–Trinajstić information content (AvgIpc) is 2.96. The lowest BCUT2D eigenvalue weighted by Gasteiger charge is -2.42. The normalized spacial score (nSPS) is 36.6. The number of esters is 1. The summed E-state index contributed by atoms with van der Waals surface area (Å²) in [5, 5.41) is 0. The monoisotopic (exact) mass is 336 g/mol. The van der Waals surface area contributed by atoms with Gasteiger partial charge in [0, 0.05) is 24.7 Å². The van der Waals surface area contributed by atoms with Crippen LogP contribution in [0.4, 0.5) is 0 Å². The summed E-state index contributed by atoms with van der Waals surface area (Å²) in [5.74, 6) is -1.10. The molecule has 1 spiro atoms. The third-order valence-electron chi connectivity index (χ3n) is 5.83. The van der Waals surface area contributed by atoms with Gasteiger partial charge in [-0.1, -0.05) is 19.4 Å². The number of ether oxygens (including phenoxy) is 3. The fourth-order valence-electron chi connectivity index (χ4n) is 4.74. The van der Waals surface area contributed by atoms with E-state index in [-0.39, 0.29) is 23.0 Å². The summed E-state index contributed by atoms with van der Waals surface area (Å²) in [5.41, 5.74) is -0.299. The topological polar surface area (TPSA) is 61.8 Å². The van der Waals surface area contributed by atoms with Crippen LogP contribution in [0.5, 0.6) is 0 Å². The number of hydrogen-bond donors (Lipinski definition) is 0. The van der Waals surface area contributed by atoms with Gasteiger partial charge in [0.05, 0.1) is 20.3 Å². The lowest BCUT2D eigenvalue weighted by Crippen LogP contribution is -2.48. The van der Waals surface area contributed by atoms with Crippen molar-refractivity contribution in [3.05, 3.63) is 12.2 Å². The highest BCUT2D eigenvalue weighted by Crippen LogP contribution is 2.60. The van der Waals surface area contributed by atoms with Gasteiger partial charge in [-0.25, -0.2) is 0 Å². The minimum absolute atomic E-state index is 0.00406. The molecule has 5 nitrogen and oxygen atoms in total. The first kappa shape index (κ1) is 17.6. The van der Waals surface area contributed by atoms with Gasteiger partial charge in [0.2, 0.25) is 0 Å². The lowest BCUT2D eigenvalue weighted by atomic mass is 9.71. The van der Waals surface area contributed by atoms with Gasteiger partial charge in [0.15, 0.2) is 11.6 Å². The molecule has 2 aliphatic carbocycles. The summed E-state index contributed by atoms with van der Waals surface area (Å²) >= 11 is 0. The first-order chi connectivity index (χ1) is 11.1. The molecule has 134 valence electrons. The molecule has 0 N–H and O–H groups in total. The van der Waals surface area contributed by atoms with Crippen LogP contribution in [0.25, 0.3) is 0 Å². The fraction of sp³-hybridized carbons (Fsp3) is 0.789. The predicted octanol–water partition coefficient (Wildman–Crippen LogP) is 2.88. The van der Waals surface area contributed by atoms with Gasteiger partial charge < -0.3 is 14.2 Å². The number of carbonyl (C=O) groups excluding carboxylic acids is 2. The van der Waals surface area contributed by atoms with Crippen molar-refractivity contribution in [2.75, 3.05) is 20.3 Å². The van der Waals surface area contributed by atoms with E-state index in [2.05, 4.69) is 20.4 Å². The van der Waals surface area contributed by atoms with Crippen LogP contribution in [0, 0.1) is 22.7 Å². The second-order valence-electron chi connectivity index (χ2n) is 8.65. The summed E-state index contributed by atoms with van der Waals surface area (Å²) in [7, 11) is 1.35. The second-order valence-corrected chi connectivity index (χ2v) is 8.65. The number of Topliss-reactive ketones (excluding diaryl/α,β-unsaturated/α-hetero) is 1. The molecular formula is C19H28O5. The number of allylic oxidation sites excluding steroid dienone is 1. The van der Waals surface area contributed by atoms with E-state index in [1.165, 1.54) is 7.11 Å². The summed E-state index contributed by atoms with van der Waals surface area (Å²) in [4.78, 5) is 25.4. The first-order valence-corrected chi connectivity index (χ1v) is 8.68. The highest BCUT2D eigenvalue weighted by Gasteiger charge is 2.66. The zero-order valence-corrected chi connectivity index (χ0v) is 15.1. The van der Waals surface area contributed by atoms with Gasteiger partial charge >= 0.3 is 5.97 Å². The Morgan fingerprint density at radius 2 is 1.92 bits per heavy atom. The second kappa shape index (κ2) is 5.67. The summed E-state index contributed by atoms with van der Waals surface area (Å²) < 4.78 is 17.3. The maximum atomic E-state index is 12.8. The number of methoxy groups -OCH3 is 1. The van der Waals surface area contributed by atoms with Crippen LogP contribution in [-0.2, 0) is 23.8 Å². The third kappa shape index (κ3) is 2.62. The highest BCUT2D eigenvalue weighted by atomic mass is 16.7. The number of hydrogen-bond acceptors (Lipinski definition) is 5. The molecule has 24 heavy (non-hydrogen) atoms. The Bertz CT molecular complexity index is 558. The summed E-state index contributed by atoms with van der Waals surface area (Å²) in [6.45, 7) is 11.3. The molecule has 1 saturated heterocycles. The average molecular weight is 336 g/mol. The Balaban J connectivity index is 1.89. The molecule has 0 radical (unpaired) electrons. The molecule has 1 aliphatic heterocycles. The molecule has 0 aromatic carbocycles. The van der Waals surface area contributed by atoms with Crippen LogP contribution >= 0.6 is 0 Å². The maximum Gasteiger partial charge on any atom is 0.319 e. The van der Waals surface area contributed by atoms with Gasteiger partial charge in [0.25, 0.3) is 0 Å². The van der Waals surface area contributed by atoms with Crippen molar-refractivity contribution in [2.45, 2.75) is 52.2 Å². The minimum atomic E-state index is -1.12. The van der Waals surface area contributed by atoms with Gasteiger partial charge in [-0.15, -0.1) is 6.58 Å². The molecule has 0 aromatic heterocycles. The first-order valence-electron chi connectivity index (χ1n) is 8.68. The van der Waals surface area contributed by atoms with Crippen LogP contribution in [0.1, 0.15) is 46.5 Å². The molecule has 0 unspecified atom stereocenters. The molecule has 0 amide bonds. The summed E-state index contributed by atoms with van der Waals surface area (Å²) in [6.07, 6.45) is 1.99. The van der Waals surface area contributed by atoms with Crippen LogP contribution in [-0.4, -0.2) is 37.9 Å². The molecular weight excluding hydrogens is 308 g/mol. The van der Waals surface area contributed by atoms with Crippen molar-refractivity contribution in [1.29, 1.82) is 0 Å². The Morgan fingerprint density at radius 1 is 1.29 bits per heavy atom. The van der Waals surface area contributed by atoms with E-state index in [0.29, 0.717) is 38.9 Å². The molecule has 3 rings (SSSR count). The van der Waals surface area contributed by atoms with Gasteiger partial charge in [-0.05, 0) is 25.2 Å². The number of carbonyl (C=O) groups is 2. The molecule has 1 heterocycles. The van der Waals surface area contributed by atoms with E-state index in [1.54, 1.807) is 0 Å². The Hall–Kier alpha value is -1.20. The minimum Gasteiger partial charge on any atom is -0.468 e. The van der Waals surface area contributed by atoms with Crippen LogP contribution in [0.15, 0.2) is 12.2 Å². The summed E-state index contributed by atoms with van der Waals surface area (Å²) in [6, 6.07) is 0. The molecule has 3 aliphatic rings. The van der Waals surface area contributed by atoms with Crippen molar-refractivity contribution in [3.63, 3.8) is 0 Å². The van der Waals surface area contributed by atoms with Crippen molar-refractivity contribution in [1.82, 2.24) is 0 Å². The zero-order valence-electron chi connectivity index (χ0n) is 15.1. The Kier molecular flexibility index (Phi) is 4.16. The number of fused-ring (bicyclic) bond motifs is 1. The van der Waals surface area contributed by atoms with Crippen molar-refractivity contribution < 1.29 is 23.8 Å². The fourth-order valence-corrected chi connectivity index (χ4v) is 4.74. The van der Waals surface area contributed by atoms with Crippen molar-refractivity contribution in [3.8, 4) is 0 Å².